The Hall–Kier alpha value is -1.16. The van der Waals surface area contributed by atoms with Gasteiger partial charge in [0.15, 0.2) is 0 Å². The van der Waals surface area contributed by atoms with Crippen molar-refractivity contribution in [3.8, 4) is 0 Å². The van der Waals surface area contributed by atoms with Crippen molar-refractivity contribution in [1.82, 2.24) is 5.32 Å². The van der Waals surface area contributed by atoms with Gasteiger partial charge in [0.1, 0.15) is 0 Å². The highest BCUT2D eigenvalue weighted by Gasteiger charge is 2.24. The van der Waals surface area contributed by atoms with Crippen molar-refractivity contribution >= 4 is 6.08 Å². The van der Waals surface area contributed by atoms with Crippen LogP contribution in [0.5, 0.6) is 0 Å². The molecule has 1 N–H and O–H groups in total. The molecule has 0 spiro atoms. The molecule has 0 amide bonds. The lowest BCUT2D eigenvalue weighted by Crippen LogP contribution is -2.25. The summed E-state index contributed by atoms with van der Waals surface area (Å²) in [4.78, 5) is 0. The van der Waals surface area contributed by atoms with E-state index in [1.807, 2.05) is 25.2 Å². The molecule has 0 radical (unpaired) electrons. The Bertz CT molecular complexity index is 378. The highest BCUT2D eigenvalue weighted by Crippen LogP contribution is 2.19. The maximum absolute atomic E-state index is 5.86. The lowest BCUT2D eigenvalue weighted by Gasteiger charge is -2.12. The second kappa shape index (κ2) is 8.10. The number of hydrogen-bond donors (Lipinski definition) is 1. The van der Waals surface area contributed by atoms with E-state index in [0.717, 1.165) is 19.4 Å². The first-order valence-electron chi connectivity index (χ1n) is 6.98. The summed E-state index contributed by atoms with van der Waals surface area (Å²) in [5, 5.41) is 3.15. The summed E-state index contributed by atoms with van der Waals surface area (Å²) in [6.45, 7) is 2.27. The molecule has 1 fully saturated rings. The molecule has 1 aliphatic rings. The van der Waals surface area contributed by atoms with Crippen molar-refractivity contribution in [3.05, 3.63) is 42.0 Å². The van der Waals surface area contributed by atoms with Crippen LogP contribution in [0.4, 0.5) is 0 Å². The molecule has 19 heavy (non-hydrogen) atoms. The third kappa shape index (κ3) is 5.15. The van der Waals surface area contributed by atoms with Crippen LogP contribution in [0, 0.1) is 0 Å². The Morgan fingerprint density at radius 2 is 2.05 bits per heavy atom. The van der Waals surface area contributed by atoms with Crippen LogP contribution in [0.25, 0.3) is 6.08 Å². The van der Waals surface area contributed by atoms with E-state index in [-0.39, 0.29) is 6.10 Å². The monoisotopic (exact) mass is 261 g/mol. The normalized spacial score (nSPS) is 23.2. The Morgan fingerprint density at radius 3 is 2.84 bits per heavy atom. The summed E-state index contributed by atoms with van der Waals surface area (Å²) in [6.07, 6.45) is 7.00. The van der Waals surface area contributed by atoms with Gasteiger partial charge in [-0.25, -0.2) is 0 Å². The average molecular weight is 261 g/mol. The van der Waals surface area contributed by atoms with Crippen molar-refractivity contribution in [3.63, 3.8) is 0 Å². The van der Waals surface area contributed by atoms with Crippen LogP contribution in [0.2, 0.25) is 0 Å². The second-order valence-electron chi connectivity index (χ2n) is 4.87. The van der Waals surface area contributed by atoms with Gasteiger partial charge >= 0.3 is 0 Å². The molecule has 0 aromatic heterocycles. The van der Waals surface area contributed by atoms with Crippen molar-refractivity contribution in [2.45, 2.75) is 25.0 Å². The predicted octanol–water partition coefficient (Wildman–Crippen LogP) is 2.48. The molecule has 2 unspecified atom stereocenters. The van der Waals surface area contributed by atoms with Crippen LogP contribution >= 0.6 is 0 Å². The first-order chi connectivity index (χ1) is 9.38. The Labute approximate surface area is 115 Å². The van der Waals surface area contributed by atoms with Crippen LogP contribution in [0.1, 0.15) is 18.4 Å². The van der Waals surface area contributed by atoms with Crippen LogP contribution in [-0.2, 0) is 9.47 Å². The maximum Gasteiger partial charge on any atom is 0.0814 e. The molecule has 1 aromatic rings. The molecular weight excluding hydrogens is 238 g/mol. The van der Waals surface area contributed by atoms with E-state index in [1.54, 1.807) is 0 Å². The minimum atomic E-state index is 0.267. The molecule has 0 aliphatic carbocycles. The Balaban J connectivity index is 1.59. The van der Waals surface area contributed by atoms with Crippen LogP contribution in [0.15, 0.2) is 36.4 Å². The number of benzene rings is 1. The Morgan fingerprint density at radius 1 is 1.26 bits per heavy atom. The van der Waals surface area contributed by atoms with Gasteiger partial charge in [0.05, 0.1) is 25.4 Å². The second-order valence-corrected chi connectivity index (χ2v) is 4.87. The van der Waals surface area contributed by atoms with Crippen LogP contribution in [0.3, 0.4) is 0 Å². The zero-order valence-corrected chi connectivity index (χ0v) is 11.5. The Kier molecular flexibility index (Phi) is 6.08. The minimum Gasteiger partial charge on any atom is -0.375 e. The van der Waals surface area contributed by atoms with Gasteiger partial charge in [-0.2, -0.15) is 0 Å². The van der Waals surface area contributed by atoms with Crippen molar-refractivity contribution in [2.75, 3.05) is 26.8 Å². The van der Waals surface area contributed by atoms with Gasteiger partial charge in [-0.05, 0) is 25.5 Å². The molecule has 3 nitrogen and oxygen atoms in total. The summed E-state index contributed by atoms with van der Waals surface area (Å²) < 4.78 is 11.5. The largest absolute Gasteiger partial charge is 0.375 e. The van der Waals surface area contributed by atoms with E-state index in [2.05, 4.69) is 29.6 Å². The third-order valence-corrected chi connectivity index (χ3v) is 3.26. The van der Waals surface area contributed by atoms with Gasteiger partial charge in [-0.3, -0.25) is 0 Å². The first kappa shape index (κ1) is 14.3. The van der Waals surface area contributed by atoms with E-state index in [0.29, 0.717) is 19.3 Å². The zero-order chi connectivity index (χ0) is 13.3. The molecule has 1 heterocycles. The summed E-state index contributed by atoms with van der Waals surface area (Å²) in [7, 11) is 1.96. The predicted molar refractivity (Wildman–Crippen MR) is 78.1 cm³/mol. The number of likely N-dealkylation sites (N-methyl/N-ethyl adjacent to an activating group) is 1. The molecule has 0 saturated carbocycles. The van der Waals surface area contributed by atoms with Gasteiger partial charge in [0.25, 0.3) is 0 Å². The molecule has 2 rings (SSSR count). The van der Waals surface area contributed by atoms with Gasteiger partial charge in [-0.15, -0.1) is 0 Å². The van der Waals surface area contributed by atoms with Gasteiger partial charge in [-0.1, -0.05) is 42.5 Å². The minimum absolute atomic E-state index is 0.267. The molecule has 0 bridgehead atoms. The van der Waals surface area contributed by atoms with Gasteiger partial charge < -0.3 is 14.8 Å². The molecule has 3 heteroatoms. The van der Waals surface area contributed by atoms with E-state index in [1.165, 1.54) is 5.56 Å². The summed E-state index contributed by atoms with van der Waals surface area (Å²) in [5.74, 6) is 0. The van der Waals surface area contributed by atoms with E-state index in [9.17, 15) is 0 Å². The average Bonchev–Trinajstić information content (AvgIpc) is 2.88. The fourth-order valence-corrected chi connectivity index (χ4v) is 2.30. The number of hydrogen-bond acceptors (Lipinski definition) is 3. The molecule has 1 aliphatic heterocycles. The summed E-state index contributed by atoms with van der Waals surface area (Å²) >= 11 is 0. The van der Waals surface area contributed by atoms with Crippen LogP contribution < -0.4 is 5.32 Å². The molecule has 104 valence electrons. The maximum atomic E-state index is 5.86. The van der Waals surface area contributed by atoms with E-state index < -0.39 is 0 Å². The fraction of sp³-hybridized carbons (Fsp3) is 0.500. The highest BCUT2D eigenvalue weighted by molar-refractivity contribution is 5.48. The number of ether oxygens (including phenoxy) is 2. The SMILES string of the molecule is CNCC1CCC(COCC=Cc2ccccc2)O1. The highest BCUT2D eigenvalue weighted by atomic mass is 16.5. The summed E-state index contributed by atoms with van der Waals surface area (Å²) in [5.41, 5.74) is 1.21. The quantitative estimate of drug-likeness (QED) is 0.765. The van der Waals surface area contributed by atoms with Crippen molar-refractivity contribution in [1.29, 1.82) is 0 Å². The van der Waals surface area contributed by atoms with Crippen molar-refractivity contribution < 1.29 is 9.47 Å². The topological polar surface area (TPSA) is 30.5 Å². The summed E-state index contributed by atoms with van der Waals surface area (Å²) in [6, 6.07) is 10.3. The van der Waals surface area contributed by atoms with E-state index >= 15 is 0 Å². The standard InChI is InChI=1S/C16H23NO2/c1-17-12-15-9-10-16(19-15)13-18-11-5-8-14-6-3-2-4-7-14/h2-8,15-17H,9-13H2,1H3. The smallest absolute Gasteiger partial charge is 0.0814 e. The van der Waals surface area contributed by atoms with E-state index in [4.69, 9.17) is 9.47 Å². The first-order valence-corrected chi connectivity index (χ1v) is 6.98. The number of nitrogens with one attached hydrogen (secondary N) is 1. The fourth-order valence-electron chi connectivity index (χ4n) is 2.30. The lowest BCUT2D eigenvalue weighted by atomic mass is 10.2. The number of rotatable bonds is 7. The zero-order valence-electron chi connectivity index (χ0n) is 11.5. The van der Waals surface area contributed by atoms with Gasteiger partial charge in [0.2, 0.25) is 0 Å². The van der Waals surface area contributed by atoms with Crippen molar-refractivity contribution in [2.24, 2.45) is 0 Å². The molecular formula is C16H23NO2. The lowest BCUT2D eigenvalue weighted by molar-refractivity contribution is -0.00745. The molecule has 1 saturated heterocycles. The van der Waals surface area contributed by atoms with Gasteiger partial charge in [0, 0.05) is 6.54 Å². The van der Waals surface area contributed by atoms with Crippen LogP contribution in [-0.4, -0.2) is 39.0 Å². The molecule has 1 aromatic carbocycles. The third-order valence-electron chi connectivity index (χ3n) is 3.26. The molecule has 2 atom stereocenters.